The maximum Gasteiger partial charge on any atom is 0.249 e. The predicted molar refractivity (Wildman–Crippen MR) is 55.4 cm³/mol. The average molecular weight is 188 g/mol. The number of aliphatic imine (C=N–C) groups is 1. The largest absolute Gasteiger partial charge is 0.298 e. The molecule has 0 aromatic heterocycles. The molecule has 2 rings (SSSR count). The molecule has 0 bridgehead atoms. The summed E-state index contributed by atoms with van der Waals surface area (Å²) in [5.41, 5.74) is 2.21. The highest BCUT2D eigenvalue weighted by Crippen LogP contribution is 2.11. The molecule has 0 radical (unpaired) electrons. The number of nitrogens with zero attached hydrogens (tertiary/aromatic N) is 2. The number of amides is 1. The summed E-state index contributed by atoms with van der Waals surface area (Å²) < 4.78 is 0. The van der Waals surface area contributed by atoms with E-state index in [-0.39, 0.29) is 12.5 Å². The molecule has 1 amide bonds. The lowest BCUT2D eigenvalue weighted by Crippen LogP contribution is -2.28. The fraction of sp³-hybridized carbons (Fsp3) is 0.273. The first-order valence-electron chi connectivity index (χ1n) is 4.56. The van der Waals surface area contributed by atoms with Crippen molar-refractivity contribution in [1.82, 2.24) is 4.90 Å². The van der Waals surface area contributed by atoms with Gasteiger partial charge in [-0.3, -0.25) is 14.7 Å². The summed E-state index contributed by atoms with van der Waals surface area (Å²) in [6.07, 6.45) is 0. The Bertz CT molecular complexity index is 392. The van der Waals surface area contributed by atoms with Crippen molar-refractivity contribution in [3.05, 3.63) is 35.4 Å². The molecule has 0 spiro atoms. The minimum absolute atomic E-state index is 0.0561. The number of hydrogen-bond acceptors (Lipinski definition) is 2. The van der Waals surface area contributed by atoms with E-state index in [9.17, 15) is 4.79 Å². The van der Waals surface area contributed by atoms with Crippen molar-refractivity contribution in [2.75, 3.05) is 13.6 Å². The molecule has 1 aromatic rings. The van der Waals surface area contributed by atoms with E-state index in [1.165, 1.54) is 5.56 Å². The second kappa shape index (κ2) is 3.25. The van der Waals surface area contributed by atoms with Crippen LogP contribution in [0, 0.1) is 6.92 Å². The number of hydrogen-bond donors (Lipinski definition) is 0. The Balaban J connectivity index is 2.33. The van der Waals surface area contributed by atoms with E-state index in [1.54, 1.807) is 11.9 Å². The van der Waals surface area contributed by atoms with Gasteiger partial charge in [0.2, 0.25) is 5.91 Å². The predicted octanol–water partition coefficient (Wildman–Crippen LogP) is 1.21. The lowest BCUT2D eigenvalue weighted by molar-refractivity contribution is -0.123. The van der Waals surface area contributed by atoms with Crippen LogP contribution in [0.3, 0.4) is 0 Å². The summed E-state index contributed by atoms with van der Waals surface area (Å²) >= 11 is 0. The molecular formula is C11H12N2O. The molecule has 3 heteroatoms. The zero-order chi connectivity index (χ0) is 10.1. The average Bonchev–Trinajstić information content (AvgIpc) is 2.50. The molecule has 0 N–H and O–H groups in total. The van der Waals surface area contributed by atoms with Gasteiger partial charge in [0, 0.05) is 12.6 Å². The Hall–Kier alpha value is -1.64. The summed E-state index contributed by atoms with van der Waals surface area (Å²) in [7, 11) is 1.76. The van der Waals surface area contributed by atoms with Crippen molar-refractivity contribution in [3.63, 3.8) is 0 Å². The molecule has 0 atom stereocenters. The zero-order valence-corrected chi connectivity index (χ0v) is 8.32. The van der Waals surface area contributed by atoms with Gasteiger partial charge < -0.3 is 0 Å². The van der Waals surface area contributed by atoms with Crippen LogP contribution in [-0.2, 0) is 4.79 Å². The summed E-state index contributed by atoms with van der Waals surface area (Å²) in [5.74, 6) is 0.829. The SMILES string of the molecule is Cc1ccc(C2=NCC(=O)N2C)cc1. The van der Waals surface area contributed by atoms with Gasteiger partial charge in [0.15, 0.2) is 0 Å². The number of benzene rings is 1. The van der Waals surface area contributed by atoms with Crippen LogP contribution in [0.1, 0.15) is 11.1 Å². The standard InChI is InChI=1S/C11H12N2O/c1-8-3-5-9(6-4-8)11-12-7-10(14)13(11)2/h3-6H,7H2,1-2H3. The van der Waals surface area contributed by atoms with E-state index in [2.05, 4.69) is 4.99 Å². The Labute approximate surface area is 83.1 Å². The summed E-state index contributed by atoms with van der Waals surface area (Å²) in [6.45, 7) is 2.31. The lowest BCUT2D eigenvalue weighted by atomic mass is 10.1. The van der Waals surface area contributed by atoms with Crippen molar-refractivity contribution < 1.29 is 4.79 Å². The Morgan fingerprint density at radius 3 is 2.43 bits per heavy atom. The lowest BCUT2D eigenvalue weighted by Gasteiger charge is -2.11. The molecule has 3 nitrogen and oxygen atoms in total. The molecule has 1 heterocycles. The highest BCUT2D eigenvalue weighted by atomic mass is 16.2. The molecule has 1 aromatic carbocycles. The second-order valence-electron chi connectivity index (χ2n) is 3.46. The fourth-order valence-electron chi connectivity index (χ4n) is 1.46. The van der Waals surface area contributed by atoms with Crippen LogP contribution in [0.5, 0.6) is 0 Å². The van der Waals surface area contributed by atoms with E-state index in [0.29, 0.717) is 0 Å². The zero-order valence-electron chi connectivity index (χ0n) is 8.32. The molecule has 1 aliphatic heterocycles. The molecule has 1 aliphatic rings. The van der Waals surface area contributed by atoms with Crippen molar-refractivity contribution in [2.45, 2.75) is 6.92 Å². The molecule has 0 saturated heterocycles. The van der Waals surface area contributed by atoms with Gasteiger partial charge >= 0.3 is 0 Å². The van der Waals surface area contributed by atoms with Crippen molar-refractivity contribution in [2.24, 2.45) is 4.99 Å². The Kier molecular flexibility index (Phi) is 2.08. The smallest absolute Gasteiger partial charge is 0.249 e. The van der Waals surface area contributed by atoms with Gasteiger partial charge in [-0.1, -0.05) is 29.8 Å². The third-order valence-corrected chi connectivity index (χ3v) is 2.37. The topological polar surface area (TPSA) is 32.7 Å². The van der Waals surface area contributed by atoms with Gasteiger partial charge in [0.1, 0.15) is 12.4 Å². The third-order valence-electron chi connectivity index (χ3n) is 2.37. The number of rotatable bonds is 1. The first kappa shape index (κ1) is 8.94. The number of carbonyl (C=O) groups is 1. The maximum absolute atomic E-state index is 11.2. The maximum atomic E-state index is 11.2. The monoisotopic (exact) mass is 188 g/mol. The van der Waals surface area contributed by atoms with Crippen LogP contribution >= 0.6 is 0 Å². The normalized spacial score (nSPS) is 16.0. The molecule has 14 heavy (non-hydrogen) atoms. The Morgan fingerprint density at radius 1 is 1.29 bits per heavy atom. The highest BCUT2D eigenvalue weighted by molar-refractivity contribution is 6.12. The van der Waals surface area contributed by atoms with Gasteiger partial charge in [-0.05, 0) is 6.92 Å². The minimum Gasteiger partial charge on any atom is -0.298 e. The van der Waals surface area contributed by atoms with Crippen LogP contribution in [0.4, 0.5) is 0 Å². The quantitative estimate of drug-likeness (QED) is 0.652. The number of carbonyl (C=O) groups excluding carboxylic acids is 1. The van der Waals surface area contributed by atoms with Crippen LogP contribution in [0.2, 0.25) is 0 Å². The first-order valence-corrected chi connectivity index (χ1v) is 4.56. The van der Waals surface area contributed by atoms with Gasteiger partial charge in [0.25, 0.3) is 0 Å². The number of amidine groups is 1. The summed E-state index contributed by atoms with van der Waals surface area (Å²) in [5, 5.41) is 0. The number of likely N-dealkylation sites (N-methyl/N-ethyl adjacent to an activating group) is 1. The van der Waals surface area contributed by atoms with Crippen LogP contribution in [-0.4, -0.2) is 30.2 Å². The third kappa shape index (κ3) is 1.41. The van der Waals surface area contributed by atoms with E-state index in [1.807, 2.05) is 31.2 Å². The fourth-order valence-corrected chi connectivity index (χ4v) is 1.46. The molecule has 0 fully saturated rings. The molecule has 0 aliphatic carbocycles. The second-order valence-corrected chi connectivity index (χ2v) is 3.46. The van der Waals surface area contributed by atoms with Gasteiger partial charge in [-0.25, -0.2) is 0 Å². The summed E-state index contributed by atoms with van der Waals surface area (Å²) in [4.78, 5) is 17.0. The Morgan fingerprint density at radius 2 is 1.93 bits per heavy atom. The van der Waals surface area contributed by atoms with Crippen molar-refractivity contribution in [1.29, 1.82) is 0 Å². The molecule has 72 valence electrons. The first-order chi connectivity index (χ1) is 6.68. The van der Waals surface area contributed by atoms with E-state index in [4.69, 9.17) is 0 Å². The van der Waals surface area contributed by atoms with E-state index >= 15 is 0 Å². The molecular weight excluding hydrogens is 176 g/mol. The number of aryl methyl sites for hydroxylation is 1. The van der Waals surface area contributed by atoms with Crippen LogP contribution in [0.15, 0.2) is 29.3 Å². The minimum atomic E-state index is 0.0561. The van der Waals surface area contributed by atoms with E-state index < -0.39 is 0 Å². The van der Waals surface area contributed by atoms with Gasteiger partial charge in [-0.2, -0.15) is 0 Å². The molecule has 0 unspecified atom stereocenters. The molecule has 0 saturated carbocycles. The van der Waals surface area contributed by atoms with Crippen molar-refractivity contribution in [3.8, 4) is 0 Å². The summed E-state index contributed by atoms with van der Waals surface area (Å²) in [6, 6.07) is 8.02. The van der Waals surface area contributed by atoms with Crippen molar-refractivity contribution >= 4 is 11.7 Å². The van der Waals surface area contributed by atoms with Gasteiger partial charge in [0.05, 0.1) is 0 Å². The van der Waals surface area contributed by atoms with Gasteiger partial charge in [-0.15, -0.1) is 0 Å². The van der Waals surface area contributed by atoms with Crippen LogP contribution in [0.25, 0.3) is 0 Å². The van der Waals surface area contributed by atoms with Crippen LogP contribution < -0.4 is 0 Å². The highest BCUT2D eigenvalue weighted by Gasteiger charge is 2.21. The van der Waals surface area contributed by atoms with E-state index in [0.717, 1.165) is 11.4 Å².